The van der Waals surface area contributed by atoms with E-state index in [2.05, 4.69) is 0 Å². The zero-order chi connectivity index (χ0) is 13.2. The molecule has 0 N–H and O–H groups in total. The second-order valence-corrected chi connectivity index (χ2v) is 5.97. The summed E-state index contributed by atoms with van der Waals surface area (Å²) in [5.74, 6) is 0. The van der Waals surface area contributed by atoms with Crippen molar-refractivity contribution in [3.05, 3.63) is 30.3 Å². The molecule has 0 bridgehead atoms. The van der Waals surface area contributed by atoms with Crippen LogP contribution in [0.1, 0.15) is 0 Å². The zero-order valence-corrected chi connectivity index (χ0v) is 10.5. The predicted molar refractivity (Wildman–Crippen MR) is 62.8 cm³/mol. The molecule has 1 aromatic carbocycles. The first-order valence-corrected chi connectivity index (χ1v) is 7.03. The zero-order valence-electron chi connectivity index (χ0n) is 9.67. The van der Waals surface area contributed by atoms with Crippen LogP contribution >= 0.6 is 0 Å². The lowest BCUT2D eigenvalue weighted by molar-refractivity contribution is -0.0418. The largest absolute Gasteiger partial charge is 0.294 e. The lowest BCUT2D eigenvalue weighted by Crippen LogP contribution is -2.50. The van der Waals surface area contributed by atoms with E-state index in [-0.39, 0.29) is 31.1 Å². The van der Waals surface area contributed by atoms with Gasteiger partial charge in [0.15, 0.2) is 0 Å². The van der Waals surface area contributed by atoms with E-state index in [9.17, 15) is 17.2 Å². The number of piperazine rings is 1. The van der Waals surface area contributed by atoms with E-state index in [4.69, 9.17) is 0 Å². The van der Waals surface area contributed by atoms with Gasteiger partial charge in [-0.2, -0.15) is 13.1 Å². The Morgan fingerprint density at radius 1 is 1.00 bits per heavy atom. The molecule has 0 unspecified atom stereocenters. The van der Waals surface area contributed by atoms with Crippen LogP contribution in [0.5, 0.6) is 0 Å². The van der Waals surface area contributed by atoms with Crippen LogP contribution in [-0.4, -0.2) is 50.4 Å². The van der Waals surface area contributed by atoms with Crippen molar-refractivity contribution in [3.63, 3.8) is 0 Å². The Bertz CT molecular complexity index is 485. The molecule has 1 aliphatic heterocycles. The molecule has 0 saturated carbocycles. The highest BCUT2D eigenvalue weighted by atomic mass is 32.2. The van der Waals surface area contributed by atoms with Crippen molar-refractivity contribution >= 4 is 10.0 Å². The molecule has 0 radical (unpaired) electrons. The smallest absolute Gasteiger partial charge is 0.245 e. The molecular weight excluding hydrogens is 262 g/mol. The van der Waals surface area contributed by atoms with Gasteiger partial charge in [0.2, 0.25) is 10.0 Å². The van der Waals surface area contributed by atoms with Gasteiger partial charge in [0.25, 0.3) is 6.55 Å². The van der Waals surface area contributed by atoms with Crippen molar-refractivity contribution in [1.82, 2.24) is 9.21 Å². The minimum absolute atomic E-state index is 0.0593. The summed E-state index contributed by atoms with van der Waals surface area (Å²) < 4.78 is 50.5. The Balaban J connectivity index is 2.10. The first-order valence-electron chi connectivity index (χ1n) is 5.59. The number of alkyl halides is 2. The fourth-order valence-electron chi connectivity index (χ4n) is 1.88. The van der Waals surface area contributed by atoms with Gasteiger partial charge < -0.3 is 0 Å². The van der Waals surface area contributed by atoms with Crippen LogP contribution in [0.3, 0.4) is 0 Å². The van der Waals surface area contributed by atoms with Crippen LogP contribution in [0.4, 0.5) is 8.78 Å². The second kappa shape index (κ2) is 5.29. The van der Waals surface area contributed by atoms with Gasteiger partial charge in [0.1, 0.15) is 0 Å². The van der Waals surface area contributed by atoms with Crippen molar-refractivity contribution in [2.24, 2.45) is 0 Å². The summed E-state index contributed by atoms with van der Waals surface area (Å²) in [5, 5.41) is 0. The summed E-state index contributed by atoms with van der Waals surface area (Å²) in [7, 11) is -3.55. The molecule has 2 rings (SSSR count). The van der Waals surface area contributed by atoms with Gasteiger partial charge in [-0.25, -0.2) is 13.3 Å². The van der Waals surface area contributed by atoms with E-state index in [1.165, 1.54) is 16.4 Å². The minimum Gasteiger partial charge on any atom is -0.245 e. The van der Waals surface area contributed by atoms with Gasteiger partial charge in [-0.05, 0) is 12.1 Å². The summed E-state index contributed by atoms with van der Waals surface area (Å²) in [4.78, 5) is 1.17. The Kier molecular flexibility index (Phi) is 3.94. The minimum atomic E-state index is -3.55. The number of halogens is 2. The molecule has 1 saturated heterocycles. The summed E-state index contributed by atoms with van der Waals surface area (Å²) in [5.41, 5.74) is 0. The van der Waals surface area contributed by atoms with Crippen LogP contribution in [-0.2, 0) is 10.0 Å². The van der Waals surface area contributed by atoms with Gasteiger partial charge in [0, 0.05) is 26.2 Å². The van der Waals surface area contributed by atoms with Crippen LogP contribution in [0.2, 0.25) is 0 Å². The highest BCUT2D eigenvalue weighted by Gasteiger charge is 2.30. The SMILES string of the molecule is O=S(=O)(c1ccccc1)N1CCN(C(F)F)CC1. The number of sulfonamides is 1. The van der Waals surface area contributed by atoms with Gasteiger partial charge >= 0.3 is 0 Å². The molecule has 7 heteroatoms. The van der Waals surface area contributed by atoms with E-state index >= 15 is 0 Å². The Morgan fingerprint density at radius 3 is 2.06 bits per heavy atom. The molecule has 18 heavy (non-hydrogen) atoms. The predicted octanol–water partition coefficient (Wildman–Crippen LogP) is 1.22. The van der Waals surface area contributed by atoms with Crippen molar-refractivity contribution in [3.8, 4) is 0 Å². The molecule has 1 aromatic rings. The Labute approximate surface area is 105 Å². The highest BCUT2D eigenvalue weighted by Crippen LogP contribution is 2.18. The molecule has 1 heterocycles. The number of rotatable bonds is 3. The van der Waals surface area contributed by atoms with Crippen molar-refractivity contribution in [2.45, 2.75) is 11.4 Å². The average molecular weight is 276 g/mol. The first-order chi connectivity index (χ1) is 8.51. The van der Waals surface area contributed by atoms with E-state index < -0.39 is 16.6 Å². The topological polar surface area (TPSA) is 40.6 Å². The van der Waals surface area contributed by atoms with E-state index in [0.29, 0.717) is 0 Å². The van der Waals surface area contributed by atoms with Gasteiger partial charge in [-0.15, -0.1) is 0 Å². The van der Waals surface area contributed by atoms with Crippen LogP contribution in [0, 0.1) is 0 Å². The van der Waals surface area contributed by atoms with E-state index in [1.807, 2.05) is 0 Å². The number of benzene rings is 1. The number of hydrogen-bond acceptors (Lipinski definition) is 3. The molecule has 0 aromatic heterocycles. The summed E-state index contributed by atoms with van der Waals surface area (Å²) >= 11 is 0. The normalized spacial score (nSPS) is 19.3. The van der Waals surface area contributed by atoms with Gasteiger partial charge in [0.05, 0.1) is 4.90 Å². The standard InChI is InChI=1S/C11H14F2N2O2S/c12-11(13)14-6-8-15(9-7-14)18(16,17)10-4-2-1-3-5-10/h1-5,11H,6-9H2. The molecule has 1 fully saturated rings. The maximum absolute atomic E-state index is 12.4. The second-order valence-electron chi connectivity index (χ2n) is 4.03. The van der Waals surface area contributed by atoms with Crippen LogP contribution in [0.25, 0.3) is 0 Å². The van der Waals surface area contributed by atoms with Gasteiger partial charge in [-0.1, -0.05) is 18.2 Å². The first kappa shape index (κ1) is 13.4. The molecular formula is C11H14F2N2O2S. The molecule has 4 nitrogen and oxygen atoms in total. The molecule has 1 aliphatic rings. The average Bonchev–Trinajstić information content (AvgIpc) is 2.40. The lowest BCUT2D eigenvalue weighted by Gasteiger charge is -2.33. The molecule has 0 amide bonds. The molecule has 0 aliphatic carbocycles. The van der Waals surface area contributed by atoms with Crippen molar-refractivity contribution < 1.29 is 17.2 Å². The third-order valence-corrected chi connectivity index (χ3v) is 4.84. The third kappa shape index (κ3) is 2.68. The summed E-state index contributed by atoms with van der Waals surface area (Å²) in [6.45, 7) is -2.21. The third-order valence-electron chi connectivity index (χ3n) is 2.93. The number of hydrogen-bond donors (Lipinski definition) is 0. The molecule has 0 atom stereocenters. The van der Waals surface area contributed by atoms with Gasteiger partial charge in [-0.3, -0.25) is 0 Å². The number of nitrogens with zero attached hydrogens (tertiary/aromatic N) is 2. The maximum Gasteiger partial charge on any atom is 0.294 e. The van der Waals surface area contributed by atoms with Crippen LogP contribution < -0.4 is 0 Å². The summed E-state index contributed by atoms with van der Waals surface area (Å²) in [6, 6.07) is 8.03. The van der Waals surface area contributed by atoms with E-state index in [0.717, 1.165) is 4.90 Å². The highest BCUT2D eigenvalue weighted by molar-refractivity contribution is 7.89. The lowest BCUT2D eigenvalue weighted by atomic mass is 10.4. The fraction of sp³-hybridized carbons (Fsp3) is 0.455. The summed E-state index contributed by atoms with van der Waals surface area (Å²) in [6.07, 6.45) is 0. The van der Waals surface area contributed by atoms with Crippen molar-refractivity contribution in [1.29, 1.82) is 0 Å². The monoisotopic (exact) mass is 276 g/mol. The van der Waals surface area contributed by atoms with Crippen LogP contribution in [0.15, 0.2) is 35.2 Å². The van der Waals surface area contributed by atoms with Crippen molar-refractivity contribution in [2.75, 3.05) is 26.2 Å². The Hall–Kier alpha value is -1.05. The maximum atomic E-state index is 12.4. The quantitative estimate of drug-likeness (QED) is 0.779. The molecule has 100 valence electrons. The molecule has 0 spiro atoms. The van der Waals surface area contributed by atoms with E-state index in [1.54, 1.807) is 18.2 Å². The fourth-order valence-corrected chi connectivity index (χ4v) is 3.32. The Morgan fingerprint density at radius 2 is 1.56 bits per heavy atom.